The largest absolute Gasteiger partial charge is 0.433 e. The van der Waals surface area contributed by atoms with Crippen LogP contribution in [0.5, 0.6) is 0 Å². The SMILES string of the molecule is O=[N+]([O-])c1ccc(CN2CCN(c3ccc(-c4ccccc4)cc3)CC2)o1. The summed E-state index contributed by atoms with van der Waals surface area (Å²) in [6.45, 7) is 4.25. The van der Waals surface area contributed by atoms with Crippen molar-refractivity contribution in [2.45, 2.75) is 6.54 Å². The molecule has 0 amide bonds. The lowest BCUT2D eigenvalue weighted by molar-refractivity contribution is -0.402. The zero-order valence-corrected chi connectivity index (χ0v) is 15.0. The second-order valence-electron chi connectivity index (χ2n) is 6.67. The number of hydrogen-bond donors (Lipinski definition) is 0. The number of benzene rings is 2. The Labute approximate surface area is 157 Å². The maximum Gasteiger partial charge on any atom is 0.433 e. The number of hydrogen-bond acceptors (Lipinski definition) is 5. The van der Waals surface area contributed by atoms with Crippen molar-refractivity contribution in [2.24, 2.45) is 0 Å². The summed E-state index contributed by atoms with van der Waals surface area (Å²) in [5, 5.41) is 10.7. The molecule has 27 heavy (non-hydrogen) atoms. The third-order valence-electron chi connectivity index (χ3n) is 4.92. The van der Waals surface area contributed by atoms with Gasteiger partial charge in [0, 0.05) is 31.9 Å². The predicted octanol–water partition coefficient (Wildman–Crippen LogP) is 4.18. The molecule has 138 valence electrons. The molecule has 1 saturated heterocycles. The summed E-state index contributed by atoms with van der Waals surface area (Å²) in [4.78, 5) is 14.8. The molecule has 3 aromatic rings. The van der Waals surface area contributed by atoms with E-state index in [4.69, 9.17) is 4.42 Å². The van der Waals surface area contributed by atoms with Crippen molar-refractivity contribution >= 4 is 11.6 Å². The predicted molar refractivity (Wildman–Crippen MR) is 105 cm³/mol. The first-order valence-electron chi connectivity index (χ1n) is 9.05. The van der Waals surface area contributed by atoms with Gasteiger partial charge in [0.25, 0.3) is 0 Å². The van der Waals surface area contributed by atoms with Gasteiger partial charge in [-0.1, -0.05) is 42.5 Å². The first kappa shape index (κ1) is 17.3. The fourth-order valence-corrected chi connectivity index (χ4v) is 3.43. The number of nitrogens with zero attached hydrogens (tertiary/aromatic N) is 3. The Hall–Kier alpha value is -3.12. The molecule has 1 aliphatic heterocycles. The Morgan fingerprint density at radius 1 is 0.852 bits per heavy atom. The van der Waals surface area contributed by atoms with Gasteiger partial charge in [-0.2, -0.15) is 0 Å². The number of anilines is 1. The highest BCUT2D eigenvalue weighted by molar-refractivity contribution is 5.66. The lowest BCUT2D eigenvalue weighted by Crippen LogP contribution is -2.45. The van der Waals surface area contributed by atoms with E-state index in [1.807, 2.05) is 6.07 Å². The third kappa shape index (κ3) is 4.01. The highest BCUT2D eigenvalue weighted by Crippen LogP contribution is 2.24. The minimum Gasteiger partial charge on any atom is -0.404 e. The average Bonchev–Trinajstić information content (AvgIpc) is 3.18. The molecule has 2 aromatic carbocycles. The minimum absolute atomic E-state index is 0.192. The van der Waals surface area contributed by atoms with Gasteiger partial charge in [-0.05, 0) is 29.3 Å². The van der Waals surface area contributed by atoms with Crippen LogP contribution in [0.3, 0.4) is 0 Å². The lowest BCUT2D eigenvalue weighted by Gasteiger charge is -2.35. The molecule has 6 heteroatoms. The molecule has 0 aliphatic carbocycles. The van der Waals surface area contributed by atoms with Crippen LogP contribution in [0.25, 0.3) is 11.1 Å². The Morgan fingerprint density at radius 2 is 1.52 bits per heavy atom. The molecule has 1 aliphatic rings. The van der Waals surface area contributed by atoms with Gasteiger partial charge in [0.1, 0.15) is 10.7 Å². The number of rotatable bonds is 5. The summed E-state index contributed by atoms with van der Waals surface area (Å²) in [7, 11) is 0. The molecule has 0 spiro atoms. The smallest absolute Gasteiger partial charge is 0.404 e. The molecule has 1 aromatic heterocycles. The van der Waals surface area contributed by atoms with Gasteiger partial charge in [0.05, 0.1) is 12.6 Å². The van der Waals surface area contributed by atoms with Crippen LogP contribution in [-0.4, -0.2) is 36.0 Å². The quantitative estimate of drug-likeness (QED) is 0.503. The fraction of sp³-hybridized carbons (Fsp3) is 0.238. The van der Waals surface area contributed by atoms with E-state index in [0.717, 1.165) is 26.2 Å². The Morgan fingerprint density at radius 3 is 2.15 bits per heavy atom. The highest BCUT2D eigenvalue weighted by Gasteiger charge is 2.20. The van der Waals surface area contributed by atoms with Crippen molar-refractivity contribution in [2.75, 3.05) is 31.1 Å². The van der Waals surface area contributed by atoms with Crippen molar-refractivity contribution in [3.05, 3.63) is 82.6 Å². The summed E-state index contributed by atoms with van der Waals surface area (Å²) >= 11 is 0. The van der Waals surface area contributed by atoms with Crippen LogP contribution in [0.4, 0.5) is 11.6 Å². The van der Waals surface area contributed by atoms with E-state index < -0.39 is 4.92 Å². The Balaban J connectivity index is 1.34. The molecule has 0 unspecified atom stereocenters. The van der Waals surface area contributed by atoms with E-state index >= 15 is 0 Å². The van der Waals surface area contributed by atoms with Crippen LogP contribution in [0.1, 0.15) is 5.76 Å². The first-order valence-corrected chi connectivity index (χ1v) is 9.05. The molecule has 4 rings (SSSR count). The molecule has 0 atom stereocenters. The van der Waals surface area contributed by atoms with Crippen molar-refractivity contribution in [1.29, 1.82) is 0 Å². The zero-order chi connectivity index (χ0) is 18.6. The second kappa shape index (κ2) is 7.63. The van der Waals surface area contributed by atoms with Gasteiger partial charge in [-0.3, -0.25) is 15.0 Å². The number of furan rings is 1. The maximum atomic E-state index is 10.7. The van der Waals surface area contributed by atoms with Crippen molar-refractivity contribution in [1.82, 2.24) is 4.90 Å². The number of nitro groups is 1. The van der Waals surface area contributed by atoms with Crippen LogP contribution in [-0.2, 0) is 6.54 Å². The monoisotopic (exact) mass is 363 g/mol. The van der Waals surface area contributed by atoms with Crippen LogP contribution in [0.2, 0.25) is 0 Å². The summed E-state index contributed by atoms with van der Waals surface area (Å²) < 4.78 is 5.26. The van der Waals surface area contributed by atoms with Crippen molar-refractivity contribution in [3.63, 3.8) is 0 Å². The Kier molecular flexibility index (Phi) is 4.89. The summed E-state index contributed by atoms with van der Waals surface area (Å²) in [5.41, 5.74) is 3.67. The third-order valence-corrected chi connectivity index (χ3v) is 4.92. The van der Waals surface area contributed by atoms with Gasteiger partial charge >= 0.3 is 5.88 Å². The molecule has 1 fully saturated rings. The molecule has 0 radical (unpaired) electrons. The normalized spacial score (nSPS) is 15.0. The topological polar surface area (TPSA) is 62.8 Å². The first-order chi connectivity index (χ1) is 13.2. The molecular weight excluding hydrogens is 342 g/mol. The maximum absolute atomic E-state index is 10.7. The van der Waals surface area contributed by atoms with Crippen molar-refractivity contribution < 1.29 is 9.34 Å². The summed E-state index contributed by atoms with van der Waals surface area (Å²) in [6.07, 6.45) is 0. The van der Waals surface area contributed by atoms with Crippen molar-refractivity contribution in [3.8, 4) is 11.1 Å². The summed E-state index contributed by atoms with van der Waals surface area (Å²) in [6, 6.07) is 22.1. The fourth-order valence-electron chi connectivity index (χ4n) is 3.43. The van der Waals surface area contributed by atoms with Gasteiger partial charge in [0.15, 0.2) is 0 Å². The average molecular weight is 363 g/mol. The van der Waals surface area contributed by atoms with Gasteiger partial charge in [-0.15, -0.1) is 0 Å². The highest BCUT2D eigenvalue weighted by atomic mass is 16.6. The number of piperazine rings is 1. The lowest BCUT2D eigenvalue weighted by atomic mass is 10.1. The van der Waals surface area contributed by atoms with E-state index in [0.29, 0.717) is 12.3 Å². The zero-order valence-electron chi connectivity index (χ0n) is 15.0. The molecular formula is C21H21N3O3. The standard InChI is InChI=1S/C21H21N3O3/c25-24(26)21-11-10-20(27-21)16-22-12-14-23(15-13-22)19-8-6-18(7-9-19)17-4-2-1-3-5-17/h1-11H,12-16H2. The van der Waals surface area contributed by atoms with E-state index in [9.17, 15) is 10.1 Å². The molecule has 6 nitrogen and oxygen atoms in total. The van der Waals surface area contributed by atoms with Gasteiger partial charge in [0.2, 0.25) is 0 Å². The van der Waals surface area contributed by atoms with E-state index in [1.165, 1.54) is 22.9 Å². The Bertz CT molecular complexity index is 898. The van der Waals surface area contributed by atoms with Crippen LogP contribution >= 0.6 is 0 Å². The van der Waals surface area contributed by atoms with Crippen LogP contribution in [0, 0.1) is 10.1 Å². The molecule has 2 heterocycles. The van der Waals surface area contributed by atoms with Gasteiger partial charge < -0.3 is 9.32 Å². The van der Waals surface area contributed by atoms with Crippen LogP contribution in [0.15, 0.2) is 71.1 Å². The second-order valence-corrected chi connectivity index (χ2v) is 6.67. The van der Waals surface area contributed by atoms with Crippen LogP contribution < -0.4 is 4.90 Å². The molecule has 0 N–H and O–H groups in total. The van der Waals surface area contributed by atoms with E-state index in [1.54, 1.807) is 6.07 Å². The van der Waals surface area contributed by atoms with Gasteiger partial charge in [-0.25, -0.2) is 0 Å². The minimum atomic E-state index is -0.499. The summed E-state index contributed by atoms with van der Waals surface area (Å²) in [5.74, 6) is 0.449. The molecule has 0 bridgehead atoms. The van der Waals surface area contributed by atoms with E-state index in [-0.39, 0.29) is 5.88 Å². The molecule has 0 saturated carbocycles. The van der Waals surface area contributed by atoms with E-state index in [2.05, 4.69) is 58.3 Å².